The van der Waals surface area contributed by atoms with E-state index in [2.05, 4.69) is 31.3 Å². The Kier molecular flexibility index (Phi) is 5.66. The number of hydrogen-bond acceptors (Lipinski definition) is 2. The minimum atomic E-state index is 0.358. The Balaban J connectivity index is 2.05. The Morgan fingerprint density at radius 3 is 2.48 bits per heavy atom. The van der Waals surface area contributed by atoms with Gasteiger partial charge < -0.3 is 10.1 Å². The van der Waals surface area contributed by atoms with Gasteiger partial charge in [0, 0.05) is 11.1 Å². The fourth-order valence-corrected chi connectivity index (χ4v) is 2.38. The Hall–Kier alpha value is -1.51. The van der Waals surface area contributed by atoms with E-state index in [1.54, 1.807) is 0 Å². The lowest BCUT2D eigenvalue weighted by atomic mass is 10.1. The number of halogens is 1. The van der Waals surface area contributed by atoms with Gasteiger partial charge in [0.15, 0.2) is 0 Å². The molecule has 0 radical (unpaired) electrons. The lowest BCUT2D eigenvalue weighted by Crippen LogP contribution is -2.19. The molecule has 2 nitrogen and oxygen atoms in total. The molecule has 21 heavy (non-hydrogen) atoms. The van der Waals surface area contributed by atoms with Gasteiger partial charge in [-0.2, -0.15) is 0 Å². The summed E-state index contributed by atoms with van der Waals surface area (Å²) in [6.07, 6.45) is 1.14. The summed E-state index contributed by atoms with van der Waals surface area (Å²) in [6, 6.07) is 14.2. The standard InChI is InChI=1S/C18H22ClNO/c1-4-11-20-14(3)15-5-8-17(9-6-15)21-18-10-7-16(19)12-13(18)2/h5-10,12,14,20H,4,11H2,1-3H3. The number of benzene rings is 2. The van der Waals surface area contributed by atoms with Gasteiger partial charge in [0.2, 0.25) is 0 Å². The van der Waals surface area contributed by atoms with Crippen molar-refractivity contribution in [1.82, 2.24) is 5.32 Å². The molecule has 2 aromatic rings. The first kappa shape index (κ1) is 15.9. The fourth-order valence-electron chi connectivity index (χ4n) is 2.16. The summed E-state index contributed by atoms with van der Waals surface area (Å²) in [5.41, 5.74) is 2.30. The summed E-state index contributed by atoms with van der Waals surface area (Å²) in [5, 5.41) is 4.21. The fraction of sp³-hybridized carbons (Fsp3) is 0.333. The van der Waals surface area contributed by atoms with Crippen LogP contribution in [0.1, 0.15) is 37.4 Å². The van der Waals surface area contributed by atoms with Gasteiger partial charge in [0.05, 0.1) is 0 Å². The summed E-state index contributed by atoms with van der Waals surface area (Å²) in [6.45, 7) is 7.37. The van der Waals surface area contributed by atoms with Crippen LogP contribution in [0.3, 0.4) is 0 Å². The zero-order chi connectivity index (χ0) is 15.2. The molecule has 0 saturated heterocycles. The molecule has 0 bridgehead atoms. The quantitative estimate of drug-likeness (QED) is 0.760. The predicted octanol–water partition coefficient (Wildman–Crippen LogP) is 5.50. The Morgan fingerprint density at radius 2 is 1.86 bits per heavy atom. The van der Waals surface area contributed by atoms with Crippen molar-refractivity contribution < 1.29 is 4.74 Å². The molecule has 0 aliphatic heterocycles. The van der Waals surface area contributed by atoms with Gasteiger partial charge in [-0.15, -0.1) is 0 Å². The molecule has 3 heteroatoms. The summed E-state index contributed by atoms with van der Waals surface area (Å²) >= 11 is 5.95. The zero-order valence-electron chi connectivity index (χ0n) is 12.8. The normalized spacial score (nSPS) is 12.2. The number of aryl methyl sites for hydroxylation is 1. The molecule has 1 unspecified atom stereocenters. The van der Waals surface area contributed by atoms with Crippen LogP contribution >= 0.6 is 11.6 Å². The largest absolute Gasteiger partial charge is 0.457 e. The van der Waals surface area contributed by atoms with Crippen LogP contribution in [0.4, 0.5) is 0 Å². The molecule has 0 spiro atoms. The van der Waals surface area contributed by atoms with Crippen molar-refractivity contribution in [3.05, 3.63) is 58.6 Å². The van der Waals surface area contributed by atoms with Gasteiger partial charge in [-0.3, -0.25) is 0 Å². The highest BCUT2D eigenvalue weighted by Crippen LogP contribution is 2.28. The maximum Gasteiger partial charge on any atom is 0.130 e. The second-order valence-corrected chi connectivity index (χ2v) is 5.69. The van der Waals surface area contributed by atoms with Crippen molar-refractivity contribution in [1.29, 1.82) is 0 Å². The number of ether oxygens (including phenoxy) is 1. The minimum absolute atomic E-state index is 0.358. The molecular weight excluding hydrogens is 282 g/mol. The maximum atomic E-state index is 5.95. The average molecular weight is 304 g/mol. The molecule has 0 saturated carbocycles. The average Bonchev–Trinajstić information content (AvgIpc) is 2.48. The molecule has 0 aliphatic carbocycles. The first-order chi connectivity index (χ1) is 10.1. The Labute approximate surface area is 132 Å². The summed E-state index contributed by atoms with van der Waals surface area (Å²) in [5.74, 6) is 1.68. The molecule has 112 valence electrons. The highest BCUT2D eigenvalue weighted by atomic mass is 35.5. The molecule has 0 amide bonds. The lowest BCUT2D eigenvalue weighted by Gasteiger charge is -2.14. The van der Waals surface area contributed by atoms with Crippen molar-refractivity contribution in [2.75, 3.05) is 6.54 Å². The maximum absolute atomic E-state index is 5.95. The third kappa shape index (κ3) is 4.48. The van der Waals surface area contributed by atoms with E-state index >= 15 is 0 Å². The van der Waals surface area contributed by atoms with Crippen LogP contribution in [0.15, 0.2) is 42.5 Å². The van der Waals surface area contributed by atoms with Crippen LogP contribution in [0.5, 0.6) is 11.5 Å². The highest BCUT2D eigenvalue weighted by molar-refractivity contribution is 6.30. The van der Waals surface area contributed by atoms with E-state index in [0.717, 1.165) is 35.1 Å². The molecule has 2 rings (SSSR count). The van der Waals surface area contributed by atoms with Gasteiger partial charge in [0.1, 0.15) is 11.5 Å². The highest BCUT2D eigenvalue weighted by Gasteiger charge is 2.06. The van der Waals surface area contributed by atoms with Crippen molar-refractivity contribution in [3.8, 4) is 11.5 Å². The monoisotopic (exact) mass is 303 g/mol. The van der Waals surface area contributed by atoms with Crippen molar-refractivity contribution in [2.45, 2.75) is 33.2 Å². The Morgan fingerprint density at radius 1 is 1.14 bits per heavy atom. The summed E-state index contributed by atoms with van der Waals surface area (Å²) in [7, 11) is 0. The van der Waals surface area contributed by atoms with Crippen LogP contribution in [0.25, 0.3) is 0 Å². The van der Waals surface area contributed by atoms with Crippen molar-refractivity contribution in [2.24, 2.45) is 0 Å². The molecule has 2 aromatic carbocycles. The molecule has 1 atom stereocenters. The SMILES string of the molecule is CCCNC(C)c1ccc(Oc2ccc(Cl)cc2C)cc1. The van der Waals surface area contributed by atoms with Gasteiger partial charge in [-0.05, 0) is 68.3 Å². The van der Waals surface area contributed by atoms with E-state index in [9.17, 15) is 0 Å². The van der Waals surface area contributed by atoms with E-state index in [-0.39, 0.29) is 0 Å². The zero-order valence-corrected chi connectivity index (χ0v) is 13.6. The van der Waals surface area contributed by atoms with Gasteiger partial charge in [0.25, 0.3) is 0 Å². The van der Waals surface area contributed by atoms with Crippen LogP contribution in [0, 0.1) is 6.92 Å². The van der Waals surface area contributed by atoms with Gasteiger partial charge in [-0.25, -0.2) is 0 Å². The van der Waals surface area contributed by atoms with Crippen molar-refractivity contribution >= 4 is 11.6 Å². The van der Waals surface area contributed by atoms with E-state index in [0.29, 0.717) is 6.04 Å². The topological polar surface area (TPSA) is 21.3 Å². The number of nitrogens with one attached hydrogen (secondary N) is 1. The van der Waals surface area contributed by atoms with E-state index in [1.807, 2.05) is 37.3 Å². The predicted molar refractivity (Wildman–Crippen MR) is 89.4 cm³/mol. The first-order valence-electron chi connectivity index (χ1n) is 7.37. The molecule has 1 N–H and O–H groups in total. The smallest absolute Gasteiger partial charge is 0.130 e. The van der Waals surface area contributed by atoms with Crippen LogP contribution in [-0.2, 0) is 0 Å². The summed E-state index contributed by atoms with van der Waals surface area (Å²) < 4.78 is 5.90. The summed E-state index contributed by atoms with van der Waals surface area (Å²) in [4.78, 5) is 0. The molecule has 0 heterocycles. The van der Waals surface area contributed by atoms with E-state index in [1.165, 1.54) is 5.56 Å². The second-order valence-electron chi connectivity index (χ2n) is 5.26. The first-order valence-corrected chi connectivity index (χ1v) is 7.75. The molecular formula is C18H22ClNO. The molecule has 0 aromatic heterocycles. The molecule has 0 fully saturated rings. The van der Waals surface area contributed by atoms with Crippen LogP contribution in [0.2, 0.25) is 5.02 Å². The van der Waals surface area contributed by atoms with Gasteiger partial charge >= 0.3 is 0 Å². The van der Waals surface area contributed by atoms with Crippen LogP contribution in [-0.4, -0.2) is 6.54 Å². The molecule has 0 aliphatic rings. The second kappa shape index (κ2) is 7.48. The lowest BCUT2D eigenvalue weighted by molar-refractivity contribution is 0.478. The van der Waals surface area contributed by atoms with Crippen LogP contribution < -0.4 is 10.1 Å². The Bertz CT molecular complexity index is 580. The third-order valence-electron chi connectivity index (χ3n) is 3.45. The van der Waals surface area contributed by atoms with Crippen molar-refractivity contribution in [3.63, 3.8) is 0 Å². The van der Waals surface area contributed by atoms with E-state index < -0.39 is 0 Å². The number of rotatable bonds is 6. The van der Waals surface area contributed by atoms with Gasteiger partial charge in [-0.1, -0.05) is 30.7 Å². The number of hydrogen-bond donors (Lipinski definition) is 1. The van der Waals surface area contributed by atoms with E-state index in [4.69, 9.17) is 16.3 Å². The third-order valence-corrected chi connectivity index (χ3v) is 3.68. The minimum Gasteiger partial charge on any atom is -0.457 e.